The van der Waals surface area contributed by atoms with Crippen LogP contribution in [0.3, 0.4) is 0 Å². The number of thiol groups is 1. The summed E-state index contributed by atoms with van der Waals surface area (Å²) < 4.78 is 0.844. The first-order chi connectivity index (χ1) is 15.4. The van der Waals surface area contributed by atoms with Gasteiger partial charge in [-0.2, -0.15) is 5.26 Å². The third-order valence-electron chi connectivity index (χ3n) is 4.46. The first-order valence-corrected chi connectivity index (χ1v) is 9.70. The van der Waals surface area contributed by atoms with Crippen molar-refractivity contribution in [2.45, 2.75) is 6.04 Å². The largest absolute Gasteiger partial charge is 0.332 e. The van der Waals surface area contributed by atoms with Crippen molar-refractivity contribution >= 4 is 41.8 Å². The number of amides is 3. The standard InChI is InChI=1S/C22H17N5O4S/c23-14-16-10-4-5-11-17(16)24-21(28)20(15-8-2-1-3-9-15)26(32)22(29)25-18-12-6-7-13-19(18)27(30)31/h1-13,20,32H,(H,24,28)(H,25,29). The van der Waals surface area contributed by atoms with Gasteiger partial charge in [0.05, 0.1) is 16.2 Å². The lowest BCUT2D eigenvalue weighted by atomic mass is 10.1. The van der Waals surface area contributed by atoms with Gasteiger partial charge in [-0.25, -0.2) is 4.79 Å². The minimum Gasteiger partial charge on any atom is -0.323 e. The van der Waals surface area contributed by atoms with Crippen molar-refractivity contribution in [3.05, 3.63) is 100 Å². The van der Waals surface area contributed by atoms with Gasteiger partial charge in [0.1, 0.15) is 17.8 Å². The number of hydrogen-bond acceptors (Lipinski definition) is 6. The summed E-state index contributed by atoms with van der Waals surface area (Å²) in [7, 11) is 0. The average molecular weight is 447 g/mol. The van der Waals surface area contributed by atoms with Gasteiger partial charge in [-0.05, 0) is 23.8 Å². The molecule has 160 valence electrons. The van der Waals surface area contributed by atoms with Crippen LogP contribution in [0.1, 0.15) is 17.2 Å². The van der Waals surface area contributed by atoms with Gasteiger partial charge < -0.3 is 10.6 Å². The Hall–Kier alpha value is -4.36. The van der Waals surface area contributed by atoms with Crippen LogP contribution in [0.5, 0.6) is 0 Å². The molecule has 3 amide bonds. The van der Waals surface area contributed by atoms with E-state index in [1.165, 1.54) is 24.3 Å². The Balaban J connectivity index is 1.90. The maximum absolute atomic E-state index is 13.2. The maximum atomic E-state index is 13.2. The zero-order valence-electron chi connectivity index (χ0n) is 16.5. The number of hydrogen-bond donors (Lipinski definition) is 3. The Morgan fingerprint density at radius 2 is 1.53 bits per heavy atom. The Bertz CT molecular complexity index is 1200. The Kier molecular flexibility index (Phi) is 7.05. The summed E-state index contributed by atoms with van der Waals surface area (Å²) in [4.78, 5) is 36.6. The minimum atomic E-state index is -1.20. The normalized spacial score (nSPS) is 11.0. The first-order valence-electron chi connectivity index (χ1n) is 9.30. The molecule has 0 heterocycles. The second-order valence-electron chi connectivity index (χ2n) is 6.51. The molecular formula is C22H17N5O4S. The fourth-order valence-corrected chi connectivity index (χ4v) is 3.25. The molecule has 2 N–H and O–H groups in total. The lowest BCUT2D eigenvalue weighted by Crippen LogP contribution is -2.38. The average Bonchev–Trinajstić information content (AvgIpc) is 2.80. The molecule has 0 aliphatic carbocycles. The van der Waals surface area contributed by atoms with Crippen molar-refractivity contribution < 1.29 is 14.5 Å². The fraction of sp³-hybridized carbons (Fsp3) is 0.0455. The highest BCUT2D eigenvalue weighted by atomic mass is 32.1. The van der Waals surface area contributed by atoms with Crippen LogP contribution in [0, 0.1) is 21.4 Å². The van der Waals surface area contributed by atoms with E-state index in [4.69, 9.17) is 0 Å². The summed E-state index contributed by atoms with van der Waals surface area (Å²) in [6, 6.07) is 20.4. The van der Waals surface area contributed by atoms with Gasteiger partial charge in [-0.15, -0.1) is 0 Å². The van der Waals surface area contributed by atoms with Gasteiger partial charge >= 0.3 is 6.03 Å². The molecule has 0 aliphatic heterocycles. The van der Waals surface area contributed by atoms with E-state index in [1.807, 2.05) is 6.07 Å². The topological polar surface area (TPSA) is 128 Å². The second kappa shape index (κ2) is 10.1. The number of nitro groups is 1. The van der Waals surface area contributed by atoms with Crippen LogP contribution in [0.4, 0.5) is 21.9 Å². The summed E-state index contributed by atoms with van der Waals surface area (Å²) in [6.07, 6.45) is 0. The van der Waals surface area contributed by atoms with Crippen LogP contribution < -0.4 is 10.6 Å². The molecule has 0 aliphatic rings. The molecular weight excluding hydrogens is 430 g/mol. The van der Waals surface area contributed by atoms with Crippen molar-refractivity contribution in [2.24, 2.45) is 0 Å². The number of nitriles is 1. The van der Waals surface area contributed by atoms with Gasteiger partial charge in [-0.1, -0.05) is 67.4 Å². The summed E-state index contributed by atoms with van der Waals surface area (Å²) in [5.74, 6) is -0.619. The number of urea groups is 1. The third-order valence-corrected chi connectivity index (χ3v) is 4.88. The highest BCUT2D eigenvalue weighted by Crippen LogP contribution is 2.28. The van der Waals surface area contributed by atoms with E-state index in [9.17, 15) is 25.0 Å². The van der Waals surface area contributed by atoms with E-state index in [0.717, 1.165) is 4.31 Å². The number of anilines is 2. The predicted molar refractivity (Wildman–Crippen MR) is 122 cm³/mol. The number of para-hydroxylation sites is 3. The van der Waals surface area contributed by atoms with Crippen LogP contribution in [-0.4, -0.2) is 21.2 Å². The number of carbonyl (C=O) groups is 2. The number of nitrogens with one attached hydrogen (secondary N) is 2. The Labute approximate surface area is 189 Å². The SMILES string of the molecule is N#Cc1ccccc1NC(=O)C(c1ccccc1)N(S)C(=O)Nc1ccccc1[N+](=O)[O-]. The number of nitrogens with zero attached hydrogens (tertiary/aromatic N) is 3. The van der Waals surface area contributed by atoms with Crippen molar-refractivity contribution in [3.63, 3.8) is 0 Å². The zero-order valence-corrected chi connectivity index (χ0v) is 17.4. The molecule has 0 bridgehead atoms. The van der Waals surface area contributed by atoms with Crippen LogP contribution in [0.2, 0.25) is 0 Å². The summed E-state index contributed by atoms with van der Waals surface area (Å²) in [6.45, 7) is 0. The highest BCUT2D eigenvalue weighted by molar-refractivity contribution is 7.78. The maximum Gasteiger partial charge on any atom is 0.332 e. The number of benzene rings is 3. The van der Waals surface area contributed by atoms with E-state index >= 15 is 0 Å². The van der Waals surface area contributed by atoms with Crippen molar-refractivity contribution in [1.29, 1.82) is 5.26 Å². The molecule has 0 aromatic heterocycles. The Morgan fingerprint density at radius 1 is 0.938 bits per heavy atom. The van der Waals surface area contributed by atoms with Gasteiger partial charge in [0, 0.05) is 6.07 Å². The zero-order chi connectivity index (χ0) is 23.1. The quantitative estimate of drug-likeness (QED) is 0.291. The van der Waals surface area contributed by atoms with Gasteiger partial charge in [0.2, 0.25) is 0 Å². The summed E-state index contributed by atoms with van der Waals surface area (Å²) >= 11 is 4.23. The molecule has 3 rings (SSSR count). The second-order valence-corrected chi connectivity index (χ2v) is 6.94. The van der Waals surface area contributed by atoms with E-state index in [0.29, 0.717) is 5.56 Å². The third kappa shape index (κ3) is 5.03. The van der Waals surface area contributed by atoms with E-state index < -0.39 is 22.9 Å². The molecule has 0 fully saturated rings. The highest BCUT2D eigenvalue weighted by Gasteiger charge is 2.31. The van der Waals surface area contributed by atoms with Crippen LogP contribution in [-0.2, 0) is 4.79 Å². The number of nitro benzene ring substituents is 1. The monoisotopic (exact) mass is 447 g/mol. The first kappa shape index (κ1) is 22.3. The molecule has 0 saturated heterocycles. The van der Waals surface area contributed by atoms with Crippen LogP contribution in [0.25, 0.3) is 0 Å². The molecule has 1 unspecified atom stereocenters. The molecule has 0 saturated carbocycles. The van der Waals surface area contributed by atoms with Crippen molar-refractivity contribution in [3.8, 4) is 6.07 Å². The number of carbonyl (C=O) groups excluding carboxylic acids is 2. The van der Waals surface area contributed by atoms with Gasteiger partial charge in [0.25, 0.3) is 11.6 Å². The van der Waals surface area contributed by atoms with Crippen molar-refractivity contribution in [1.82, 2.24) is 4.31 Å². The molecule has 3 aromatic rings. The van der Waals surface area contributed by atoms with Crippen LogP contribution >= 0.6 is 12.8 Å². The summed E-state index contributed by atoms with van der Waals surface area (Å²) in [5, 5.41) is 25.6. The van der Waals surface area contributed by atoms with E-state index in [-0.39, 0.29) is 22.6 Å². The van der Waals surface area contributed by atoms with Gasteiger partial charge in [-0.3, -0.25) is 19.2 Å². The summed E-state index contributed by atoms with van der Waals surface area (Å²) in [5.41, 5.74) is 0.645. The molecule has 0 radical (unpaired) electrons. The van der Waals surface area contributed by atoms with E-state index in [2.05, 4.69) is 23.4 Å². The smallest absolute Gasteiger partial charge is 0.323 e. The molecule has 10 heteroatoms. The molecule has 9 nitrogen and oxygen atoms in total. The van der Waals surface area contributed by atoms with E-state index in [1.54, 1.807) is 54.6 Å². The van der Waals surface area contributed by atoms with Crippen molar-refractivity contribution in [2.75, 3.05) is 10.6 Å². The number of rotatable bonds is 6. The molecule has 0 spiro atoms. The van der Waals surface area contributed by atoms with Crippen LogP contribution in [0.15, 0.2) is 78.9 Å². The lowest BCUT2D eigenvalue weighted by Gasteiger charge is -2.26. The predicted octanol–water partition coefficient (Wildman–Crippen LogP) is 4.53. The minimum absolute atomic E-state index is 0.0383. The fourth-order valence-electron chi connectivity index (χ4n) is 2.96. The Morgan fingerprint density at radius 3 is 2.19 bits per heavy atom. The van der Waals surface area contributed by atoms with Gasteiger partial charge in [0.15, 0.2) is 0 Å². The lowest BCUT2D eigenvalue weighted by molar-refractivity contribution is -0.383. The molecule has 32 heavy (non-hydrogen) atoms. The molecule has 3 aromatic carbocycles. The molecule has 1 atom stereocenters.